The molecule has 0 aliphatic carbocycles. The summed E-state index contributed by atoms with van der Waals surface area (Å²) in [6.45, 7) is 7.58. The summed E-state index contributed by atoms with van der Waals surface area (Å²) in [6.07, 6.45) is 2.03. The summed E-state index contributed by atoms with van der Waals surface area (Å²) in [5.74, 6) is 0. The van der Waals surface area contributed by atoms with Crippen LogP contribution in [0.25, 0.3) is 0 Å². The van der Waals surface area contributed by atoms with Crippen molar-refractivity contribution in [2.24, 2.45) is 11.1 Å². The molecule has 0 atom stereocenters. The van der Waals surface area contributed by atoms with Gasteiger partial charge in [-0.05, 0) is 12.8 Å². The standard InChI is InChI=1S/C8H15NO/c1-7(9)8(2)3-5-10-6-4-8/h1,3-6,9H2,2H3. The van der Waals surface area contributed by atoms with Crippen LogP contribution in [0.1, 0.15) is 19.8 Å². The van der Waals surface area contributed by atoms with E-state index in [0.29, 0.717) is 0 Å². The van der Waals surface area contributed by atoms with Crippen molar-refractivity contribution in [1.29, 1.82) is 0 Å². The van der Waals surface area contributed by atoms with Crippen LogP contribution in [0, 0.1) is 5.41 Å². The van der Waals surface area contributed by atoms with Crippen LogP contribution < -0.4 is 5.73 Å². The molecule has 0 aromatic carbocycles. The molecule has 2 heteroatoms. The van der Waals surface area contributed by atoms with Gasteiger partial charge >= 0.3 is 0 Å². The molecule has 1 aliphatic heterocycles. The van der Waals surface area contributed by atoms with Crippen LogP contribution in [-0.4, -0.2) is 13.2 Å². The molecule has 2 N–H and O–H groups in total. The topological polar surface area (TPSA) is 35.2 Å². The second-order valence-corrected chi connectivity index (χ2v) is 3.20. The van der Waals surface area contributed by atoms with Gasteiger partial charge in [0.1, 0.15) is 0 Å². The maximum Gasteiger partial charge on any atom is 0.0475 e. The SMILES string of the molecule is C=C(N)C1(C)CCOCC1. The van der Waals surface area contributed by atoms with Gasteiger partial charge < -0.3 is 10.5 Å². The smallest absolute Gasteiger partial charge is 0.0475 e. The summed E-state index contributed by atoms with van der Waals surface area (Å²) >= 11 is 0. The van der Waals surface area contributed by atoms with E-state index in [0.717, 1.165) is 31.8 Å². The molecule has 1 heterocycles. The van der Waals surface area contributed by atoms with Crippen LogP contribution in [0.4, 0.5) is 0 Å². The molecule has 0 bridgehead atoms. The lowest BCUT2D eigenvalue weighted by Crippen LogP contribution is -2.31. The first-order valence-corrected chi connectivity index (χ1v) is 3.68. The summed E-state index contributed by atoms with van der Waals surface area (Å²) in [5, 5.41) is 0. The molecule has 0 unspecified atom stereocenters. The lowest BCUT2D eigenvalue weighted by Gasteiger charge is -2.33. The maximum absolute atomic E-state index is 5.65. The van der Waals surface area contributed by atoms with E-state index in [-0.39, 0.29) is 5.41 Å². The fourth-order valence-electron chi connectivity index (χ4n) is 1.14. The number of rotatable bonds is 1. The average molecular weight is 141 g/mol. The molecule has 10 heavy (non-hydrogen) atoms. The molecule has 0 amide bonds. The molecule has 0 aromatic heterocycles. The minimum absolute atomic E-state index is 0.137. The van der Waals surface area contributed by atoms with Gasteiger partial charge in [-0.2, -0.15) is 0 Å². The van der Waals surface area contributed by atoms with E-state index in [9.17, 15) is 0 Å². The van der Waals surface area contributed by atoms with Crippen LogP contribution in [0.2, 0.25) is 0 Å². The number of allylic oxidation sites excluding steroid dienone is 1. The Morgan fingerprint density at radius 1 is 1.50 bits per heavy atom. The highest BCUT2D eigenvalue weighted by atomic mass is 16.5. The van der Waals surface area contributed by atoms with Gasteiger partial charge in [0, 0.05) is 24.3 Å². The van der Waals surface area contributed by atoms with Crippen LogP contribution >= 0.6 is 0 Å². The number of hydrogen-bond acceptors (Lipinski definition) is 2. The molecule has 2 nitrogen and oxygen atoms in total. The summed E-state index contributed by atoms with van der Waals surface area (Å²) in [6, 6.07) is 0. The predicted octanol–water partition coefficient (Wildman–Crippen LogP) is 1.28. The van der Waals surface area contributed by atoms with E-state index in [1.165, 1.54) is 0 Å². The lowest BCUT2D eigenvalue weighted by molar-refractivity contribution is 0.0398. The Morgan fingerprint density at radius 3 is 2.30 bits per heavy atom. The Morgan fingerprint density at radius 2 is 2.00 bits per heavy atom. The van der Waals surface area contributed by atoms with Crippen molar-refractivity contribution >= 4 is 0 Å². The minimum Gasteiger partial charge on any atom is -0.402 e. The first kappa shape index (κ1) is 7.61. The summed E-state index contributed by atoms with van der Waals surface area (Å²) in [4.78, 5) is 0. The number of hydrogen-bond donors (Lipinski definition) is 1. The second kappa shape index (κ2) is 2.62. The molecule has 0 aromatic rings. The van der Waals surface area contributed by atoms with Gasteiger partial charge in [-0.3, -0.25) is 0 Å². The van der Waals surface area contributed by atoms with Crippen molar-refractivity contribution in [3.8, 4) is 0 Å². The van der Waals surface area contributed by atoms with Gasteiger partial charge in [0.25, 0.3) is 0 Å². The van der Waals surface area contributed by atoms with Gasteiger partial charge in [0.2, 0.25) is 0 Å². The van der Waals surface area contributed by atoms with Crippen molar-refractivity contribution in [3.63, 3.8) is 0 Å². The second-order valence-electron chi connectivity index (χ2n) is 3.20. The first-order chi connectivity index (χ1) is 4.65. The zero-order chi connectivity index (χ0) is 7.61. The van der Waals surface area contributed by atoms with E-state index >= 15 is 0 Å². The number of ether oxygens (including phenoxy) is 1. The van der Waals surface area contributed by atoms with Gasteiger partial charge in [0.15, 0.2) is 0 Å². The highest BCUT2D eigenvalue weighted by Crippen LogP contribution is 2.33. The molecule has 0 spiro atoms. The van der Waals surface area contributed by atoms with E-state index in [2.05, 4.69) is 13.5 Å². The van der Waals surface area contributed by atoms with Gasteiger partial charge in [0.05, 0.1) is 0 Å². The zero-order valence-corrected chi connectivity index (χ0v) is 6.52. The number of nitrogens with two attached hydrogens (primary N) is 1. The van der Waals surface area contributed by atoms with E-state index < -0.39 is 0 Å². The fraction of sp³-hybridized carbons (Fsp3) is 0.750. The minimum atomic E-state index is 0.137. The van der Waals surface area contributed by atoms with Gasteiger partial charge in [-0.15, -0.1) is 0 Å². The Balaban J connectivity index is 2.56. The van der Waals surface area contributed by atoms with Crippen molar-refractivity contribution in [3.05, 3.63) is 12.3 Å². The van der Waals surface area contributed by atoms with Crippen molar-refractivity contribution in [1.82, 2.24) is 0 Å². The normalized spacial score (nSPS) is 24.1. The molecule has 1 aliphatic rings. The molecule has 1 saturated heterocycles. The Labute approximate surface area is 62.1 Å². The molecular formula is C8H15NO. The van der Waals surface area contributed by atoms with E-state index in [4.69, 9.17) is 10.5 Å². The third-order valence-electron chi connectivity index (χ3n) is 2.37. The molecule has 0 radical (unpaired) electrons. The molecule has 58 valence electrons. The third-order valence-corrected chi connectivity index (χ3v) is 2.37. The zero-order valence-electron chi connectivity index (χ0n) is 6.52. The van der Waals surface area contributed by atoms with Crippen molar-refractivity contribution in [2.75, 3.05) is 13.2 Å². The Bertz CT molecular complexity index is 136. The largest absolute Gasteiger partial charge is 0.402 e. The van der Waals surface area contributed by atoms with E-state index in [1.807, 2.05) is 0 Å². The van der Waals surface area contributed by atoms with Crippen LogP contribution in [0.5, 0.6) is 0 Å². The van der Waals surface area contributed by atoms with Crippen LogP contribution in [0.15, 0.2) is 12.3 Å². The molecule has 1 rings (SSSR count). The van der Waals surface area contributed by atoms with Gasteiger partial charge in [-0.1, -0.05) is 13.5 Å². The molecule has 0 saturated carbocycles. The summed E-state index contributed by atoms with van der Waals surface area (Å²) < 4.78 is 5.22. The fourth-order valence-corrected chi connectivity index (χ4v) is 1.14. The summed E-state index contributed by atoms with van der Waals surface area (Å²) in [7, 11) is 0. The summed E-state index contributed by atoms with van der Waals surface area (Å²) in [5.41, 5.74) is 6.59. The lowest BCUT2D eigenvalue weighted by atomic mass is 9.80. The van der Waals surface area contributed by atoms with E-state index in [1.54, 1.807) is 0 Å². The van der Waals surface area contributed by atoms with Gasteiger partial charge in [-0.25, -0.2) is 0 Å². The van der Waals surface area contributed by atoms with Crippen LogP contribution in [0.3, 0.4) is 0 Å². The molecular weight excluding hydrogens is 126 g/mol. The monoisotopic (exact) mass is 141 g/mol. The Hall–Kier alpha value is -0.500. The Kier molecular flexibility index (Phi) is 2.00. The van der Waals surface area contributed by atoms with Crippen molar-refractivity contribution in [2.45, 2.75) is 19.8 Å². The van der Waals surface area contributed by atoms with Crippen LogP contribution in [-0.2, 0) is 4.74 Å². The maximum atomic E-state index is 5.65. The predicted molar refractivity (Wildman–Crippen MR) is 41.5 cm³/mol. The average Bonchev–Trinajstić information content (AvgIpc) is 1.89. The highest BCUT2D eigenvalue weighted by Gasteiger charge is 2.28. The quantitative estimate of drug-likeness (QED) is 0.597. The van der Waals surface area contributed by atoms with Crippen molar-refractivity contribution < 1.29 is 4.74 Å². The molecule has 1 fully saturated rings. The third kappa shape index (κ3) is 1.32. The first-order valence-electron chi connectivity index (χ1n) is 3.68. The highest BCUT2D eigenvalue weighted by molar-refractivity contribution is 5.04.